The molecule has 0 unspecified atom stereocenters. The Kier molecular flexibility index (Phi) is 5.62. The highest BCUT2D eigenvalue weighted by Gasteiger charge is 2.20. The molecule has 0 atom stereocenters. The molecule has 0 aliphatic carbocycles. The van der Waals surface area contributed by atoms with Crippen molar-refractivity contribution in [1.82, 2.24) is 24.5 Å². The molecule has 3 aromatic heterocycles. The summed E-state index contributed by atoms with van der Waals surface area (Å²) in [6, 6.07) is 12.9. The van der Waals surface area contributed by atoms with Crippen LogP contribution in [0.25, 0.3) is 10.9 Å². The van der Waals surface area contributed by atoms with Crippen LogP contribution in [0.2, 0.25) is 0 Å². The van der Waals surface area contributed by atoms with Crippen molar-refractivity contribution in [2.45, 2.75) is 6.54 Å². The van der Waals surface area contributed by atoms with Crippen LogP contribution in [0.1, 0.15) is 0 Å². The Labute approximate surface area is 189 Å². The molecule has 1 N–H and O–H groups in total. The van der Waals surface area contributed by atoms with Crippen LogP contribution in [0.3, 0.4) is 0 Å². The Bertz CT molecular complexity index is 1320. The van der Waals surface area contributed by atoms with Gasteiger partial charge in [0.15, 0.2) is 0 Å². The van der Waals surface area contributed by atoms with Crippen molar-refractivity contribution in [2.75, 3.05) is 41.3 Å². The smallest absolute Gasteiger partial charge is 0.261 e. The molecule has 1 amide bonds. The molecule has 4 heterocycles. The van der Waals surface area contributed by atoms with Crippen LogP contribution in [0.15, 0.2) is 72.2 Å². The Balaban J connectivity index is 1.19. The Hall–Kier alpha value is -4.34. The van der Waals surface area contributed by atoms with E-state index in [2.05, 4.69) is 35.1 Å². The van der Waals surface area contributed by atoms with E-state index in [1.54, 1.807) is 36.8 Å². The Morgan fingerprint density at radius 3 is 2.36 bits per heavy atom. The van der Waals surface area contributed by atoms with Crippen molar-refractivity contribution in [3.8, 4) is 0 Å². The number of carbonyl (C=O) groups excluding carboxylic acids is 1. The second-order valence-corrected chi connectivity index (χ2v) is 7.68. The highest BCUT2D eigenvalue weighted by molar-refractivity contribution is 5.90. The third-order valence-corrected chi connectivity index (χ3v) is 5.50. The standard InChI is InChI=1S/C23H22N8O2/c32-21(15-31-16-27-19-6-2-1-5-18(19)22(31)33)28-17-13-25-23(26-14-17)30-11-9-29(10-12-30)20-7-3-4-8-24-20/h1-8,13-14,16H,9-12,15H2,(H,28,32). The first-order chi connectivity index (χ1) is 16.2. The zero-order chi connectivity index (χ0) is 22.6. The number of rotatable bonds is 5. The summed E-state index contributed by atoms with van der Waals surface area (Å²) in [6.45, 7) is 3.06. The largest absolute Gasteiger partial charge is 0.353 e. The number of hydrogen-bond acceptors (Lipinski definition) is 8. The first kappa shape index (κ1) is 20.6. The van der Waals surface area contributed by atoms with E-state index >= 15 is 0 Å². The summed E-state index contributed by atoms with van der Waals surface area (Å²) in [5.74, 6) is 1.23. The van der Waals surface area contributed by atoms with Gasteiger partial charge in [-0.1, -0.05) is 18.2 Å². The van der Waals surface area contributed by atoms with Crippen LogP contribution in [0, 0.1) is 0 Å². The van der Waals surface area contributed by atoms with Gasteiger partial charge in [-0.05, 0) is 24.3 Å². The summed E-state index contributed by atoms with van der Waals surface area (Å²) in [5.41, 5.74) is 0.814. The predicted molar refractivity (Wildman–Crippen MR) is 125 cm³/mol. The lowest BCUT2D eigenvalue weighted by Gasteiger charge is -2.35. The Morgan fingerprint density at radius 1 is 0.879 bits per heavy atom. The molecule has 166 valence electrons. The van der Waals surface area contributed by atoms with Crippen LogP contribution >= 0.6 is 0 Å². The normalized spacial score (nSPS) is 13.8. The summed E-state index contributed by atoms with van der Waals surface area (Å²) in [7, 11) is 0. The van der Waals surface area contributed by atoms with E-state index in [4.69, 9.17) is 0 Å². The highest BCUT2D eigenvalue weighted by atomic mass is 16.2. The van der Waals surface area contributed by atoms with E-state index < -0.39 is 0 Å². The van der Waals surface area contributed by atoms with Crippen LogP contribution in [-0.2, 0) is 11.3 Å². The number of benzene rings is 1. The minimum absolute atomic E-state index is 0.145. The highest BCUT2D eigenvalue weighted by Crippen LogP contribution is 2.16. The monoisotopic (exact) mass is 442 g/mol. The van der Waals surface area contributed by atoms with Crippen LogP contribution in [-0.4, -0.2) is 56.6 Å². The number of hydrogen-bond donors (Lipinski definition) is 1. The van der Waals surface area contributed by atoms with Crippen molar-refractivity contribution in [3.05, 3.63) is 77.7 Å². The number of anilines is 3. The maximum atomic E-state index is 12.6. The van der Waals surface area contributed by atoms with E-state index in [0.29, 0.717) is 22.5 Å². The van der Waals surface area contributed by atoms with E-state index in [-0.39, 0.29) is 18.0 Å². The van der Waals surface area contributed by atoms with Crippen molar-refractivity contribution >= 4 is 34.3 Å². The van der Waals surface area contributed by atoms with E-state index in [9.17, 15) is 9.59 Å². The molecule has 1 aliphatic rings. The third-order valence-electron chi connectivity index (χ3n) is 5.50. The fourth-order valence-electron chi connectivity index (χ4n) is 3.80. The van der Waals surface area contributed by atoms with Crippen LogP contribution < -0.4 is 20.7 Å². The molecule has 33 heavy (non-hydrogen) atoms. The van der Waals surface area contributed by atoms with Crippen molar-refractivity contribution < 1.29 is 4.79 Å². The van der Waals surface area contributed by atoms with Crippen LogP contribution in [0.4, 0.5) is 17.5 Å². The quantitative estimate of drug-likeness (QED) is 0.496. The molecule has 1 saturated heterocycles. The first-order valence-corrected chi connectivity index (χ1v) is 10.6. The topological polar surface area (TPSA) is 109 Å². The molecule has 0 spiro atoms. The third kappa shape index (κ3) is 4.49. The lowest BCUT2D eigenvalue weighted by molar-refractivity contribution is -0.116. The molecule has 1 aromatic carbocycles. The van der Waals surface area contributed by atoms with Gasteiger partial charge in [-0.25, -0.2) is 19.9 Å². The van der Waals surface area contributed by atoms with Gasteiger partial charge in [0.1, 0.15) is 12.4 Å². The summed E-state index contributed by atoms with van der Waals surface area (Å²) >= 11 is 0. The SMILES string of the molecule is O=C(Cn1cnc2ccccc2c1=O)Nc1cnc(N2CCN(c3ccccn3)CC2)nc1. The molecular formula is C23H22N8O2. The number of para-hydroxylation sites is 1. The average molecular weight is 442 g/mol. The number of fused-ring (bicyclic) bond motifs is 1. The first-order valence-electron chi connectivity index (χ1n) is 10.6. The maximum absolute atomic E-state index is 12.6. The predicted octanol–water partition coefficient (Wildman–Crippen LogP) is 1.55. The number of amides is 1. The van der Waals surface area contributed by atoms with Gasteiger partial charge < -0.3 is 15.1 Å². The summed E-state index contributed by atoms with van der Waals surface area (Å²) in [4.78, 5) is 46.8. The van der Waals surface area contributed by atoms with Gasteiger partial charge in [0.2, 0.25) is 11.9 Å². The van der Waals surface area contributed by atoms with Crippen molar-refractivity contribution in [1.29, 1.82) is 0 Å². The van der Waals surface area contributed by atoms with Gasteiger partial charge in [-0.3, -0.25) is 14.2 Å². The fourth-order valence-corrected chi connectivity index (χ4v) is 3.80. The van der Waals surface area contributed by atoms with Gasteiger partial charge in [0, 0.05) is 32.4 Å². The molecule has 10 heteroatoms. The van der Waals surface area contributed by atoms with Gasteiger partial charge in [0.05, 0.1) is 35.3 Å². The number of pyridine rings is 1. The molecule has 1 aliphatic heterocycles. The number of carbonyl (C=O) groups is 1. The maximum Gasteiger partial charge on any atom is 0.261 e. The van der Waals surface area contributed by atoms with Gasteiger partial charge in [0.25, 0.3) is 5.56 Å². The average Bonchev–Trinajstić information content (AvgIpc) is 2.87. The van der Waals surface area contributed by atoms with Crippen molar-refractivity contribution in [3.63, 3.8) is 0 Å². The molecule has 0 bridgehead atoms. The van der Waals surface area contributed by atoms with Gasteiger partial charge >= 0.3 is 0 Å². The molecule has 0 saturated carbocycles. The van der Waals surface area contributed by atoms with Crippen molar-refractivity contribution in [2.24, 2.45) is 0 Å². The summed E-state index contributed by atoms with van der Waals surface area (Å²) < 4.78 is 1.29. The number of aromatic nitrogens is 5. The second kappa shape index (κ2) is 9.03. The number of piperazine rings is 1. The molecular weight excluding hydrogens is 420 g/mol. The lowest BCUT2D eigenvalue weighted by atomic mass is 10.2. The molecule has 0 radical (unpaired) electrons. The zero-order valence-corrected chi connectivity index (χ0v) is 17.8. The zero-order valence-electron chi connectivity index (χ0n) is 17.8. The van der Waals surface area contributed by atoms with E-state index in [1.807, 2.05) is 24.3 Å². The molecule has 10 nitrogen and oxygen atoms in total. The lowest BCUT2D eigenvalue weighted by Crippen LogP contribution is -2.47. The van der Waals surface area contributed by atoms with Gasteiger partial charge in [-0.15, -0.1) is 0 Å². The minimum atomic E-state index is -0.352. The van der Waals surface area contributed by atoms with Gasteiger partial charge in [-0.2, -0.15) is 0 Å². The number of nitrogens with one attached hydrogen (secondary N) is 1. The minimum Gasteiger partial charge on any atom is -0.353 e. The van der Waals surface area contributed by atoms with Crippen LogP contribution in [0.5, 0.6) is 0 Å². The summed E-state index contributed by atoms with van der Waals surface area (Å²) in [5, 5.41) is 3.21. The van der Waals surface area contributed by atoms with E-state index in [0.717, 1.165) is 32.0 Å². The van der Waals surface area contributed by atoms with E-state index in [1.165, 1.54) is 10.9 Å². The second-order valence-electron chi connectivity index (χ2n) is 7.68. The summed E-state index contributed by atoms with van der Waals surface area (Å²) in [6.07, 6.45) is 6.33. The molecule has 5 rings (SSSR count). The molecule has 4 aromatic rings. The Morgan fingerprint density at radius 2 is 1.61 bits per heavy atom. The fraction of sp³-hybridized carbons (Fsp3) is 0.217. The number of nitrogens with zero attached hydrogens (tertiary/aromatic N) is 7. The molecule has 1 fully saturated rings.